The molecule has 0 aromatic heterocycles. The lowest BCUT2D eigenvalue weighted by molar-refractivity contribution is -0.385. The second-order valence-corrected chi connectivity index (χ2v) is 6.11. The number of aliphatic hydroxyl groups excluding tert-OH is 1. The van der Waals surface area contributed by atoms with E-state index in [4.69, 9.17) is 0 Å². The molecule has 0 aliphatic carbocycles. The molecule has 21 heavy (non-hydrogen) atoms. The van der Waals surface area contributed by atoms with E-state index in [9.17, 15) is 15.2 Å². The minimum Gasteiger partial charge on any atom is -0.393 e. The number of rotatable bonds is 4. The summed E-state index contributed by atoms with van der Waals surface area (Å²) in [6.07, 6.45) is 1.81. The van der Waals surface area contributed by atoms with Gasteiger partial charge in [-0.1, -0.05) is 6.07 Å². The van der Waals surface area contributed by atoms with Gasteiger partial charge in [-0.2, -0.15) is 0 Å². The molecule has 0 spiro atoms. The molecule has 116 valence electrons. The van der Waals surface area contributed by atoms with Crippen LogP contribution in [0.2, 0.25) is 0 Å². The van der Waals surface area contributed by atoms with Crippen LogP contribution in [0.5, 0.6) is 0 Å². The minimum absolute atomic E-state index is 0.131. The molecule has 1 aliphatic heterocycles. The standard InChI is InChI=1S/C16H24N2O3/c1-11-6-7-15(18(20)21)9-16(11)12(2)17-8-4-5-14(10-17)13(3)19/h6-7,9,12-14,19H,4-5,8,10H2,1-3H3. The topological polar surface area (TPSA) is 66.6 Å². The summed E-state index contributed by atoms with van der Waals surface area (Å²) >= 11 is 0. The maximum absolute atomic E-state index is 11.0. The molecular weight excluding hydrogens is 268 g/mol. The fraction of sp³-hybridized carbons (Fsp3) is 0.625. The SMILES string of the molecule is Cc1ccc([N+](=O)[O-])cc1C(C)N1CCCC(C(C)O)C1. The highest BCUT2D eigenvalue weighted by Crippen LogP contribution is 2.31. The van der Waals surface area contributed by atoms with E-state index in [1.165, 1.54) is 0 Å². The molecule has 5 heteroatoms. The Morgan fingerprint density at radius 2 is 2.14 bits per heavy atom. The van der Waals surface area contributed by atoms with Crippen molar-refractivity contribution in [3.05, 3.63) is 39.4 Å². The van der Waals surface area contributed by atoms with Gasteiger partial charge in [-0.15, -0.1) is 0 Å². The third-order valence-corrected chi connectivity index (χ3v) is 4.64. The minimum atomic E-state index is -0.343. The number of aliphatic hydroxyl groups is 1. The van der Waals surface area contributed by atoms with Gasteiger partial charge in [-0.05, 0) is 57.2 Å². The Labute approximate surface area is 125 Å². The van der Waals surface area contributed by atoms with Crippen molar-refractivity contribution in [1.29, 1.82) is 0 Å². The normalized spacial score (nSPS) is 22.8. The van der Waals surface area contributed by atoms with E-state index in [-0.39, 0.29) is 22.8 Å². The van der Waals surface area contributed by atoms with Crippen LogP contribution in [-0.4, -0.2) is 34.1 Å². The highest BCUT2D eigenvalue weighted by Gasteiger charge is 2.28. The van der Waals surface area contributed by atoms with Crippen LogP contribution in [0.3, 0.4) is 0 Å². The molecule has 1 aromatic rings. The van der Waals surface area contributed by atoms with Crippen molar-refractivity contribution in [3.63, 3.8) is 0 Å². The van der Waals surface area contributed by atoms with Gasteiger partial charge in [-0.3, -0.25) is 15.0 Å². The number of benzene rings is 1. The molecule has 0 radical (unpaired) electrons. The number of hydrogen-bond donors (Lipinski definition) is 1. The van der Waals surface area contributed by atoms with Crippen LogP contribution in [0.4, 0.5) is 5.69 Å². The van der Waals surface area contributed by atoms with E-state index in [2.05, 4.69) is 11.8 Å². The van der Waals surface area contributed by atoms with Gasteiger partial charge in [0.05, 0.1) is 11.0 Å². The molecule has 0 saturated carbocycles. The van der Waals surface area contributed by atoms with Gasteiger partial charge < -0.3 is 5.11 Å². The van der Waals surface area contributed by atoms with Gasteiger partial charge in [0.25, 0.3) is 5.69 Å². The third kappa shape index (κ3) is 3.60. The summed E-state index contributed by atoms with van der Waals surface area (Å²) < 4.78 is 0. The average molecular weight is 292 g/mol. The first-order valence-corrected chi connectivity index (χ1v) is 7.57. The number of nitro groups is 1. The van der Waals surface area contributed by atoms with E-state index in [1.54, 1.807) is 12.1 Å². The maximum Gasteiger partial charge on any atom is 0.269 e. The molecule has 1 aromatic carbocycles. The van der Waals surface area contributed by atoms with Gasteiger partial charge in [0.2, 0.25) is 0 Å². The summed E-state index contributed by atoms with van der Waals surface area (Å²) in [5.41, 5.74) is 2.23. The van der Waals surface area contributed by atoms with Crippen LogP contribution in [0.15, 0.2) is 18.2 Å². The molecular formula is C16H24N2O3. The van der Waals surface area contributed by atoms with Gasteiger partial charge >= 0.3 is 0 Å². The van der Waals surface area contributed by atoms with Crippen LogP contribution in [0.1, 0.15) is 43.9 Å². The number of likely N-dealkylation sites (tertiary alicyclic amines) is 1. The molecule has 3 unspecified atom stereocenters. The largest absolute Gasteiger partial charge is 0.393 e. The Morgan fingerprint density at radius 1 is 1.43 bits per heavy atom. The monoisotopic (exact) mass is 292 g/mol. The zero-order valence-electron chi connectivity index (χ0n) is 13.0. The highest BCUT2D eigenvalue weighted by molar-refractivity contribution is 5.40. The lowest BCUT2D eigenvalue weighted by Gasteiger charge is -2.38. The highest BCUT2D eigenvalue weighted by atomic mass is 16.6. The van der Waals surface area contributed by atoms with Gasteiger partial charge in [0.1, 0.15) is 0 Å². The van der Waals surface area contributed by atoms with E-state index in [0.717, 1.165) is 37.1 Å². The first kappa shape index (κ1) is 15.9. The van der Waals surface area contributed by atoms with E-state index in [1.807, 2.05) is 19.9 Å². The Kier molecular flexibility index (Phi) is 4.96. The predicted octanol–water partition coefficient (Wildman–Crippen LogP) is 3.06. The number of nitro benzene ring substituents is 1. The van der Waals surface area contributed by atoms with Crippen molar-refractivity contribution >= 4 is 5.69 Å². The predicted molar refractivity (Wildman–Crippen MR) is 82.2 cm³/mol. The molecule has 1 N–H and O–H groups in total. The Bertz CT molecular complexity index is 516. The number of hydrogen-bond acceptors (Lipinski definition) is 4. The zero-order chi connectivity index (χ0) is 15.6. The molecule has 2 rings (SSSR count). The number of non-ortho nitro benzene ring substituents is 1. The lowest BCUT2D eigenvalue weighted by atomic mass is 9.91. The number of nitrogens with zero attached hydrogens (tertiary/aromatic N) is 2. The van der Waals surface area contributed by atoms with Gasteiger partial charge in [-0.25, -0.2) is 0 Å². The lowest BCUT2D eigenvalue weighted by Crippen LogP contribution is -2.40. The summed E-state index contributed by atoms with van der Waals surface area (Å²) in [6.45, 7) is 7.76. The van der Waals surface area contributed by atoms with Crippen LogP contribution in [0.25, 0.3) is 0 Å². The summed E-state index contributed by atoms with van der Waals surface area (Å²) in [7, 11) is 0. The third-order valence-electron chi connectivity index (χ3n) is 4.64. The smallest absolute Gasteiger partial charge is 0.269 e. The second kappa shape index (κ2) is 6.54. The van der Waals surface area contributed by atoms with Crippen molar-refractivity contribution < 1.29 is 10.0 Å². The second-order valence-electron chi connectivity index (χ2n) is 6.11. The fourth-order valence-electron chi connectivity index (χ4n) is 3.17. The van der Waals surface area contributed by atoms with Gasteiger partial charge in [0.15, 0.2) is 0 Å². The first-order chi connectivity index (χ1) is 9.90. The first-order valence-electron chi connectivity index (χ1n) is 7.57. The van der Waals surface area contributed by atoms with Crippen molar-refractivity contribution in [2.45, 2.75) is 45.8 Å². The maximum atomic E-state index is 11.0. The van der Waals surface area contributed by atoms with Crippen molar-refractivity contribution in [3.8, 4) is 0 Å². The quantitative estimate of drug-likeness (QED) is 0.684. The van der Waals surface area contributed by atoms with Gasteiger partial charge in [0, 0.05) is 24.7 Å². The summed E-state index contributed by atoms with van der Waals surface area (Å²) in [5, 5.41) is 20.8. The van der Waals surface area contributed by atoms with Crippen LogP contribution in [-0.2, 0) is 0 Å². The molecule has 1 heterocycles. The van der Waals surface area contributed by atoms with Crippen molar-refractivity contribution in [2.75, 3.05) is 13.1 Å². The van der Waals surface area contributed by atoms with Crippen LogP contribution < -0.4 is 0 Å². The summed E-state index contributed by atoms with van der Waals surface area (Å²) in [5.74, 6) is 0.292. The summed E-state index contributed by atoms with van der Waals surface area (Å²) in [4.78, 5) is 12.9. The average Bonchev–Trinajstić information content (AvgIpc) is 2.47. The molecule has 0 amide bonds. The molecule has 1 aliphatic rings. The van der Waals surface area contributed by atoms with E-state index < -0.39 is 0 Å². The van der Waals surface area contributed by atoms with Crippen molar-refractivity contribution in [1.82, 2.24) is 4.90 Å². The molecule has 1 fully saturated rings. The number of piperidine rings is 1. The number of aryl methyl sites for hydroxylation is 1. The van der Waals surface area contributed by atoms with Crippen LogP contribution >= 0.6 is 0 Å². The van der Waals surface area contributed by atoms with Crippen LogP contribution in [0, 0.1) is 23.0 Å². The molecule has 0 bridgehead atoms. The molecule has 3 atom stereocenters. The van der Waals surface area contributed by atoms with E-state index >= 15 is 0 Å². The Morgan fingerprint density at radius 3 is 2.76 bits per heavy atom. The Balaban J connectivity index is 2.21. The van der Waals surface area contributed by atoms with E-state index in [0.29, 0.717) is 5.92 Å². The fourth-order valence-corrected chi connectivity index (χ4v) is 3.17. The molecule has 5 nitrogen and oxygen atoms in total. The van der Waals surface area contributed by atoms with Crippen molar-refractivity contribution in [2.24, 2.45) is 5.92 Å². The summed E-state index contributed by atoms with van der Waals surface area (Å²) in [6, 6.07) is 5.19. The molecule has 1 saturated heterocycles. The Hall–Kier alpha value is -1.46. The zero-order valence-corrected chi connectivity index (χ0v) is 13.0.